The predicted molar refractivity (Wildman–Crippen MR) is 93.2 cm³/mol. The Balaban J connectivity index is 1.61. The lowest BCUT2D eigenvalue weighted by Crippen LogP contribution is -2.58. The lowest BCUT2D eigenvalue weighted by Gasteiger charge is -2.45. The van der Waals surface area contributed by atoms with Crippen molar-refractivity contribution in [2.24, 2.45) is 21.5 Å². The number of hydrogen-bond donors (Lipinski definition) is 2. The number of benzene rings is 1. The fraction of sp³-hybridized carbons (Fsp3) is 0.529. The van der Waals surface area contributed by atoms with Gasteiger partial charge >= 0.3 is 0 Å². The van der Waals surface area contributed by atoms with Crippen molar-refractivity contribution in [1.29, 1.82) is 0 Å². The molecule has 24 heavy (non-hydrogen) atoms. The van der Waals surface area contributed by atoms with E-state index in [1.54, 1.807) is 0 Å². The van der Waals surface area contributed by atoms with Gasteiger partial charge in [0.15, 0.2) is 0 Å². The monoisotopic (exact) mass is 329 g/mol. The van der Waals surface area contributed by atoms with Gasteiger partial charge in [-0.1, -0.05) is 6.42 Å². The predicted octanol–water partition coefficient (Wildman–Crippen LogP) is 1.57. The Morgan fingerprint density at radius 1 is 1.08 bits per heavy atom. The zero-order valence-corrected chi connectivity index (χ0v) is 13.6. The first-order valence-electron chi connectivity index (χ1n) is 8.50. The number of anilines is 1. The molecule has 1 aliphatic carbocycles. The molecule has 1 aromatic rings. The number of ether oxygens (including phenoxy) is 2. The topological polar surface area (TPSA) is 98.5 Å². The van der Waals surface area contributed by atoms with Crippen LogP contribution in [0.2, 0.25) is 0 Å². The van der Waals surface area contributed by atoms with Gasteiger partial charge < -0.3 is 20.9 Å². The smallest absolute Gasteiger partial charge is 0.220 e. The van der Waals surface area contributed by atoms with E-state index in [0.717, 1.165) is 37.1 Å². The summed E-state index contributed by atoms with van der Waals surface area (Å²) in [5.74, 6) is 1.52. The van der Waals surface area contributed by atoms with Crippen molar-refractivity contribution in [2.45, 2.75) is 43.9 Å². The van der Waals surface area contributed by atoms with Gasteiger partial charge in [0.2, 0.25) is 11.9 Å². The lowest BCUT2D eigenvalue weighted by atomic mass is 9.87. The Bertz CT molecular complexity index is 660. The normalized spacial score (nSPS) is 23.4. The van der Waals surface area contributed by atoms with Crippen LogP contribution in [-0.2, 0) is 4.74 Å². The Hall–Kier alpha value is -2.28. The van der Waals surface area contributed by atoms with Gasteiger partial charge in [-0.15, -0.1) is 0 Å². The van der Waals surface area contributed by atoms with Crippen molar-refractivity contribution in [2.75, 3.05) is 18.1 Å². The van der Waals surface area contributed by atoms with E-state index in [0.29, 0.717) is 19.2 Å². The summed E-state index contributed by atoms with van der Waals surface area (Å²) in [6, 6.07) is 7.92. The summed E-state index contributed by atoms with van der Waals surface area (Å²) in [7, 11) is 0. The van der Waals surface area contributed by atoms with Crippen molar-refractivity contribution in [1.82, 2.24) is 0 Å². The number of rotatable bonds is 3. The largest absolute Gasteiger partial charge is 0.486 e. The molecule has 7 heteroatoms. The first-order valence-corrected chi connectivity index (χ1v) is 8.50. The van der Waals surface area contributed by atoms with Crippen LogP contribution in [0.3, 0.4) is 0 Å². The summed E-state index contributed by atoms with van der Waals surface area (Å²) >= 11 is 0. The number of nitrogens with zero attached hydrogens (tertiary/aromatic N) is 3. The average Bonchev–Trinajstić information content (AvgIpc) is 2.52. The van der Waals surface area contributed by atoms with Crippen molar-refractivity contribution in [3.05, 3.63) is 24.3 Å². The van der Waals surface area contributed by atoms with Crippen LogP contribution in [-0.4, -0.2) is 36.9 Å². The van der Waals surface area contributed by atoms with Crippen LogP contribution in [0, 0.1) is 0 Å². The second-order valence-electron chi connectivity index (χ2n) is 6.59. The molecule has 2 aliphatic heterocycles. The summed E-state index contributed by atoms with van der Waals surface area (Å²) in [6.45, 7) is 1.31. The van der Waals surface area contributed by atoms with E-state index in [1.165, 1.54) is 6.42 Å². The van der Waals surface area contributed by atoms with E-state index in [9.17, 15) is 0 Å². The molecule has 4 rings (SSSR count). The van der Waals surface area contributed by atoms with Crippen LogP contribution >= 0.6 is 0 Å². The molecule has 0 atom stereocenters. The second-order valence-corrected chi connectivity index (χ2v) is 6.59. The molecule has 3 aliphatic rings. The Morgan fingerprint density at radius 3 is 2.42 bits per heavy atom. The Labute approximate surface area is 141 Å². The highest BCUT2D eigenvalue weighted by atomic mass is 16.6. The molecule has 7 nitrogen and oxygen atoms in total. The molecule has 0 amide bonds. The lowest BCUT2D eigenvalue weighted by molar-refractivity contribution is -0.0796. The summed E-state index contributed by atoms with van der Waals surface area (Å²) in [6.07, 6.45) is 5.47. The first kappa shape index (κ1) is 15.3. The van der Waals surface area contributed by atoms with E-state index in [2.05, 4.69) is 9.98 Å². The minimum atomic E-state index is -0.404. The van der Waals surface area contributed by atoms with Gasteiger partial charge in [-0.05, 0) is 49.9 Å². The van der Waals surface area contributed by atoms with Crippen molar-refractivity contribution in [3.8, 4) is 5.75 Å². The summed E-state index contributed by atoms with van der Waals surface area (Å²) < 4.78 is 11.0. The number of hydrogen-bond acceptors (Lipinski definition) is 7. The highest BCUT2D eigenvalue weighted by Crippen LogP contribution is 2.39. The third kappa shape index (κ3) is 2.69. The molecule has 0 bridgehead atoms. The molecule has 2 heterocycles. The SMILES string of the molecule is NC1=NC2(CCCCC2)N(c2ccc(OC3COC3)cc2)C(N)=N1. The summed E-state index contributed by atoms with van der Waals surface area (Å²) in [5, 5.41) is 0. The molecule has 0 unspecified atom stereocenters. The van der Waals surface area contributed by atoms with E-state index in [4.69, 9.17) is 20.9 Å². The molecular formula is C17H23N5O2. The second kappa shape index (κ2) is 5.98. The molecule has 0 aromatic heterocycles. The fourth-order valence-electron chi connectivity index (χ4n) is 3.64. The van der Waals surface area contributed by atoms with Crippen LogP contribution < -0.4 is 21.1 Å². The first-order chi connectivity index (χ1) is 11.7. The van der Waals surface area contributed by atoms with Crippen molar-refractivity contribution < 1.29 is 9.47 Å². The van der Waals surface area contributed by atoms with Gasteiger partial charge in [0.05, 0.1) is 13.2 Å². The van der Waals surface area contributed by atoms with Gasteiger partial charge in [-0.3, -0.25) is 4.90 Å². The standard InChI is InChI=1S/C17H23N5O2/c18-15-20-16(19)22(17(21-15)8-2-1-3-9-17)12-4-6-13(7-5-12)24-14-10-23-11-14/h4-7,14H,1-3,8-11H2,(H4,18,19,20,21). The average molecular weight is 329 g/mol. The van der Waals surface area contributed by atoms with E-state index in [1.807, 2.05) is 29.2 Å². The van der Waals surface area contributed by atoms with Crippen LogP contribution in [0.15, 0.2) is 34.3 Å². The molecule has 1 aromatic carbocycles. The zero-order valence-electron chi connectivity index (χ0n) is 13.6. The molecular weight excluding hydrogens is 306 g/mol. The Morgan fingerprint density at radius 2 is 1.79 bits per heavy atom. The van der Waals surface area contributed by atoms with Gasteiger partial charge in [0, 0.05) is 5.69 Å². The van der Waals surface area contributed by atoms with Crippen LogP contribution in [0.4, 0.5) is 5.69 Å². The van der Waals surface area contributed by atoms with Gasteiger partial charge in [0.1, 0.15) is 17.5 Å². The minimum Gasteiger partial charge on any atom is -0.486 e. The van der Waals surface area contributed by atoms with Crippen molar-refractivity contribution >= 4 is 17.6 Å². The molecule has 1 saturated carbocycles. The molecule has 2 fully saturated rings. The maximum atomic E-state index is 6.22. The molecule has 0 radical (unpaired) electrons. The van der Waals surface area contributed by atoms with Gasteiger partial charge in [-0.2, -0.15) is 4.99 Å². The number of guanidine groups is 2. The maximum absolute atomic E-state index is 6.22. The number of nitrogens with two attached hydrogens (primary N) is 2. The third-order valence-electron chi connectivity index (χ3n) is 4.86. The van der Waals surface area contributed by atoms with Crippen LogP contribution in [0.1, 0.15) is 32.1 Å². The third-order valence-corrected chi connectivity index (χ3v) is 4.86. The van der Waals surface area contributed by atoms with E-state index in [-0.39, 0.29) is 12.1 Å². The minimum absolute atomic E-state index is 0.159. The molecule has 1 spiro atoms. The molecule has 4 N–H and O–H groups in total. The van der Waals surface area contributed by atoms with Crippen LogP contribution in [0.5, 0.6) is 5.75 Å². The van der Waals surface area contributed by atoms with E-state index >= 15 is 0 Å². The molecule has 1 saturated heterocycles. The molecule has 128 valence electrons. The fourth-order valence-corrected chi connectivity index (χ4v) is 3.64. The van der Waals surface area contributed by atoms with Crippen molar-refractivity contribution in [3.63, 3.8) is 0 Å². The number of aliphatic imine (C=N–C) groups is 2. The summed E-state index contributed by atoms with van der Waals surface area (Å²) in [4.78, 5) is 10.9. The highest BCUT2D eigenvalue weighted by Gasteiger charge is 2.42. The quantitative estimate of drug-likeness (QED) is 0.877. The maximum Gasteiger partial charge on any atom is 0.220 e. The van der Waals surface area contributed by atoms with Crippen LogP contribution in [0.25, 0.3) is 0 Å². The van der Waals surface area contributed by atoms with E-state index < -0.39 is 5.66 Å². The summed E-state index contributed by atoms with van der Waals surface area (Å²) in [5.41, 5.74) is 12.7. The van der Waals surface area contributed by atoms with Gasteiger partial charge in [-0.25, -0.2) is 4.99 Å². The van der Waals surface area contributed by atoms with Gasteiger partial charge in [0.25, 0.3) is 0 Å². The highest BCUT2D eigenvalue weighted by molar-refractivity contribution is 6.05. The zero-order chi connectivity index (χ0) is 16.6. The Kier molecular flexibility index (Phi) is 3.80.